The van der Waals surface area contributed by atoms with Gasteiger partial charge in [-0.15, -0.1) is 23.1 Å². The van der Waals surface area contributed by atoms with Gasteiger partial charge in [0.2, 0.25) is 0 Å². The van der Waals surface area contributed by atoms with E-state index in [2.05, 4.69) is 15.5 Å². The van der Waals surface area contributed by atoms with Gasteiger partial charge in [0.15, 0.2) is 0 Å². The number of thioether (sulfide) groups is 1. The summed E-state index contributed by atoms with van der Waals surface area (Å²) < 4.78 is 39.2. The fourth-order valence-electron chi connectivity index (χ4n) is 2.22. The third-order valence-corrected chi connectivity index (χ3v) is 5.89. The molecule has 0 unspecified atom stereocenters. The Morgan fingerprint density at radius 2 is 1.81 bits per heavy atom. The molecular weight excluding hydrogens is 450 g/mol. The minimum absolute atomic E-state index is 0.153. The molecule has 11 heteroatoms. The van der Waals surface area contributed by atoms with Gasteiger partial charge in [-0.3, -0.25) is 5.10 Å². The second-order valence-corrected chi connectivity index (χ2v) is 8.35. The van der Waals surface area contributed by atoms with Crippen molar-refractivity contribution >= 4 is 69.4 Å². The standard InChI is InChI=1S/C15H9Cl3F3N3S2/c1-25-14-11(9-2-3-10(18)26-9)13(23-24-14)22-12-7(16)4-6(5-8(12)17)15(19,20)21/h2-5H,1H3,(H2,22,23,24). The summed E-state index contributed by atoms with van der Waals surface area (Å²) in [5.41, 5.74) is -0.0271. The number of halogens is 6. The highest BCUT2D eigenvalue weighted by molar-refractivity contribution is 7.98. The van der Waals surface area contributed by atoms with Crippen molar-refractivity contribution in [1.29, 1.82) is 0 Å². The molecule has 3 nitrogen and oxygen atoms in total. The van der Waals surface area contributed by atoms with Gasteiger partial charge in [-0.1, -0.05) is 34.8 Å². The van der Waals surface area contributed by atoms with Crippen LogP contribution in [0.25, 0.3) is 10.4 Å². The van der Waals surface area contributed by atoms with E-state index in [1.165, 1.54) is 23.1 Å². The summed E-state index contributed by atoms with van der Waals surface area (Å²) in [5.74, 6) is 0.455. The van der Waals surface area contributed by atoms with Crippen molar-refractivity contribution in [3.8, 4) is 10.4 Å². The maximum absolute atomic E-state index is 12.9. The van der Waals surface area contributed by atoms with Crippen LogP contribution in [-0.4, -0.2) is 16.5 Å². The number of hydrogen-bond donors (Lipinski definition) is 2. The smallest absolute Gasteiger partial charge is 0.338 e. The van der Waals surface area contributed by atoms with Crippen LogP contribution in [0, 0.1) is 0 Å². The van der Waals surface area contributed by atoms with Gasteiger partial charge < -0.3 is 5.32 Å². The van der Waals surface area contributed by atoms with Gasteiger partial charge in [0, 0.05) is 4.88 Å². The van der Waals surface area contributed by atoms with Crippen LogP contribution >= 0.6 is 57.9 Å². The largest absolute Gasteiger partial charge is 0.416 e. The van der Waals surface area contributed by atoms with Crippen molar-refractivity contribution < 1.29 is 13.2 Å². The molecule has 0 saturated heterocycles. The number of H-pyrrole nitrogens is 1. The quantitative estimate of drug-likeness (QED) is 0.396. The van der Waals surface area contributed by atoms with E-state index in [0.29, 0.717) is 15.2 Å². The number of aromatic amines is 1. The Morgan fingerprint density at radius 3 is 2.31 bits per heavy atom. The highest BCUT2D eigenvalue weighted by atomic mass is 35.5. The number of alkyl halides is 3. The summed E-state index contributed by atoms with van der Waals surface area (Å²) in [5, 5.41) is 10.4. The lowest BCUT2D eigenvalue weighted by atomic mass is 10.2. The fraction of sp³-hybridized carbons (Fsp3) is 0.133. The second-order valence-electron chi connectivity index (χ2n) is 5.02. The van der Waals surface area contributed by atoms with Gasteiger partial charge in [0.05, 0.1) is 31.2 Å². The molecule has 0 amide bonds. The van der Waals surface area contributed by atoms with E-state index < -0.39 is 11.7 Å². The minimum atomic E-state index is -4.54. The van der Waals surface area contributed by atoms with Crippen LogP contribution in [0.5, 0.6) is 0 Å². The number of benzene rings is 1. The highest BCUT2D eigenvalue weighted by Crippen LogP contribution is 2.44. The highest BCUT2D eigenvalue weighted by Gasteiger charge is 2.32. The van der Waals surface area contributed by atoms with Gasteiger partial charge in [-0.05, 0) is 30.5 Å². The Kier molecular flexibility index (Phi) is 5.69. The predicted molar refractivity (Wildman–Crippen MR) is 103 cm³/mol. The Balaban J connectivity index is 2.04. The molecule has 3 aromatic rings. The van der Waals surface area contributed by atoms with Crippen molar-refractivity contribution in [3.05, 3.63) is 44.2 Å². The molecule has 0 aliphatic rings. The number of nitrogens with zero attached hydrogens (tertiary/aromatic N) is 1. The molecule has 0 radical (unpaired) electrons. The number of nitrogens with one attached hydrogen (secondary N) is 2. The van der Waals surface area contributed by atoms with Gasteiger partial charge in [-0.25, -0.2) is 0 Å². The molecule has 0 aliphatic heterocycles. The third kappa shape index (κ3) is 3.94. The molecule has 2 aromatic heterocycles. The van der Waals surface area contributed by atoms with E-state index in [0.717, 1.165) is 22.6 Å². The number of rotatable bonds is 4. The Morgan fingerprint density at radius 1 is 1.15 bits per heavy atom. The average Bonchev–Trinajstić information content (AvgIpc) is 3.15. The van der Waals surface area contributed by atoms with Gasteiger partial charge in [-0.2, -0.15) is 18.3 Å². The van der Waals surface area contributed by atoms with E-state index in [-0.39, 0.29) is 15.7 Å². The van der Waals surface area contributed by atoms with Crippen LogP contribution in [0.15, 0.2) is 29.3 Å². The van der Waals surface area contributed by atoms with E-state index in [4.69, 9.17) is 34.8 Å². The van der Waals surface area contributed by atoms with Crippen molar-refractivity contribution in [2.24, 2.45) is 0 Å². The van der Waals surface area contributed by atoms with Crippen LogP contribution in [0.2, 0.25) is 14.4 Å². The molecule has 0 atom stereocenters. The van der Waals surface area contributed by atoms with Crippen molar-refractivity contribution in [1.82, 2.24) is 10.2 Å². The topological polar surface area (TPSA) is 40.7 Å². The van der Waals surface area contributed by atoms with Crippen molar-refractivity contribution in [2.75, 3.05) is 11.6 Å². The first-order valence-electron chi connectivity index (χ1n) is 6.92. The van der Waals surface area contributed by atoms with Crippen LogP contribution in [-0.2, 0) is 6.18 Å². The molecule has 3 rings (SSSR count). The zero-order valence-corrected chi connectivity index (χ0v) is 16.7. The summed E-state index contributed by atoms with van der Waals surface area (Å²) in [6.45, 7) is 0. The summed E-state index contributed by atoms with van der Waals surface area (Å²) in [6, 6.07) is 5.23. The lowest BCUT2D eigenvalue weighted by molar-refractivity contribution is -0.137. The van der Waals surface area contributed by atoms with Gasteiger partial charge in [0.1, 0.15) is 10.8 Å². The van der Waals surface area contributed by atoms with Crippen molar-refractivity contribution in [2.45, 2.75) is 11.2 Å². The van der Waals surface area contributed by atoms with E-state index in [9.17, 15) is 13.2 Å². The maximum atomic E-state index is 12.9. The lowest BCUT2D eigenvalue weighted by Crippen LogP contribution is -2.06. The Hall–Kier alpha value is -1.06. The molecule has 0 aliphatic carbocycles. The number of thiophene rings is 1. The van der Waals surface area contributed by atoms with Gasteiger partial charge >= 0.3 is 6.18 Å². The molecule has 2 N–H and O–H groups in total. The summed E-state index contributed by atoms with van der Waals surface area (Å²) in [7, 11) is 0. The normalized spacial score (nSPS) is 11.8. The Labute approximate surface area is 169 Å². The zero-order valence-electron chi connectivity index (χ0n) is 12.8. The van der Waals surface area contributed by atoms with E-state index >= 15 is 0 Å². The number of anilines is 2. The molecule has 0 fully saturated rings. The predicted octanol–water partition coefficient (Wildman–Crippen LogP) is 7.58. The van der Waals surface area contributed by atoms with Crippen LogP contribution in [0.4, 0.5) is 24.7 Å². The molecule has 0 bridgehead atoms. The van der Waals surface area contributed by atoms with Crippen LogP contribution in [0.3, 0.4) is 0 Å². The molecule has 26 heavy (non-hydrogen) atoms. The van der Waals surface area contributed by atoms with Gasteiger partial charge in [0.25, 0.3) is 0 Å². The third-order valence-electron chi connectivity index (χ3n) is 3.37. The molecular formula is C15H9Cl3F3N3S2. The molecule has 2 heterocycles. The second kappa shape index (κ2) is 7.52. The summed E-state index contributed by atoms with van der Waals surface area (Å²) in [4.78, 5) is 0.842. The maximum Gasteiger partial charge on any atom is 0.416 e. The average molecular weight is 459 g/mol. The first-order chi connectivity index (χ1) is 12.2. The van der Waals surface area contributed by atoms with E-state index in [1.807, 2.05) is 12.3 Å². The minimum Gasteiger partial charge on any atom is -0.338 e. The Bertz CT molecular complexity index is 930. The van der Waals surface area contributed by atoms with E-state index in [1.54, 1.807) is 6.07 Å². The molecule has 0 spiro atoms. The fourth-order valence-corrected chi connectivity index (χ4v) is 4.52. The monoisotopic (exact) mass is 457 g/mol. The first-order valence-corrected chi connectivity index (χ1v) is 10.1. The zero-order chi connectivity index (χ0) is 19.1. The van der Waals surface area contributed by atoms with Crippen LogP contribution in [0.1, 0.15) is 5.56 Å². The first kappa shape index (κ1) is 19.7. The van der Waals surface area contributed by atoms with Crippen LogP contribution < -0.4 is 5.32 Å². The molecule has 138 valence electrons. The number of aromatic nitrogens is 2. The summed E-state index contributed by atoms with van der Waals surface area (Å²) in [6.07, 6.45) is -2.68. The SMILES string of the molecule is CSc1n[nH]c(Nc2c(Cl)cc(C(F)(F)F)cc2Cl)c1-c1ccc(Cl)s1. The van der Waals surface area contributed by atoms with Crippen molar-refractivity contribution in [3.63, 3.8) is 0 Å². The lowest BCUT2D eigenvalue weighted by Gasteiger charge is -2.14. The summed E-state index contributed by atoms with van der Waals surface area (Å²) >= 11 is 20.8. The number of hydrogen-bond acceptors (Lipinski definition) is 4. The molecule has 0 saturated carbocycles. The molecule has 1 aromatic carbocycles.